The topological polar surface area (TPSA) is 56.8 Å². The van der Waals surface area contributed by atoms with Crippen LogP contribution in [0.3, 0.4) is 0 Å². The van der Waals surface area contributed by atoms with Crippen LogP contribution in [-0.2, 0) is 16.0 Å². The van der Waals surface area contributed by atoms with Crippen LogP contribution in [0.2, 0.25) is 0 Å². The first-order valence-corrected chi connectivity index (χ1v) is 7.32. The molecule has 1 unspecified atom stereocenters. The molecule has 1 aromatic carbocycles. The van der Waals surface area contributed by atoms with Gasteiger partial charge < -0.3 is 19.5 Å². The Labute approximate surface area is 125 Å². The van der Waals surface area contributed by atoms with Crippen molar-refractivity contribution in [2.75, 3.05) is 27.4 Å². The van der Waals surface area contributed by atoms with Crippen molar-refractivity contribution in [2.45, 2.75) is 31.8 Å². The molecule has 5 heteroatoms. The monoisotopic (exact) mass is 293 g/mol. The summed E-state index contributed by atoms with van der Waals surface area (Å²) >= 11 is 0. The van der Waals surface area contributed by atoms with Gasteiger partial charge in [0.25, 0.3) is 0 Å². The highest BCUT2D eigenvalue weighted by Crippen LogP contribution is 2.27. The van der Waals surface area contributed by atoms with Crippen molar-refractivity contribution in [3.63, 3.8) is 0 Å². The van der Waals surface area contributed by atoms with E-state index in [1.807, 2.05) is 18.2 Å². The van der Waals surface area contributed by atoms with Crippen molar-refractivity contribution in [3.8, 4) is 11.5 Å². The quantitative estimate of drug-likeness (QED) is 0.834. The maximum Gasteiger partial charge on any atom is 0.222 e. The number of nitrogens with one attached hydrogen (secondary N) is 1. The van der Waals surface area contributed by atoms with Crippen LogP contribution in [0.4, 0.5) is 0 Å². The average molecular weight is 293 g/mol. The van der Waals surface area contributed by atoms with Gasteiger partial charge in [-0.1, -0.05) is 6.07 Å². The molecule has 1 amide bonds. The first-order valence-electron chi connectivity index (χ1n) is 7.32. The number of hydrogen-bond acceptors (Lipinski definition) is 4. The Kier molecular flexibility index (Phi) is 5.87. The molecule has 1 aliphatic rings. The summed E-state index contributed by atoms with van der Waals surface area (Å²) in [5.41, 5.74) is 1.10. The molecule has 0 bridgehead atoms. The molecule has 1 aromatic rings. The standard InChI is InChI=1S/C16H23NO4/c1-19-14-6-5-12(10-15(14)20-2)7-8-17-16(18)11-13-4-3-9-21-13/h5-6,10,13H,3-4,7-9,11H2,1-2H3,(H,17,18). The minimum Gasteiger partial charge on any atom is -0.493 e. The third kappa shape index (κ3) is 4.63. The molecular weight excluding hydrogens is 270 g/mol. The van der Waals surface area contributed by atoms with E-state index in [0.29, 0.717) is 24.5 Å². The van der Waals surface area contributed by atoms with Crippen LogP contribution in [0, 0.1) is 0 Å². The highest BCUT2D eigenvalue weighted by molar-refractivity contribution is 5.76. The van der Waals surface area contributed by atoms with Gasteiger partial charge in [-0.25, -0.2) is 0 Å². The van der Waals surface area contributed by atoms with Gasteiger partial charge in [0.15, 0.2) is 11.5 Å². The lowest BCUT2D eigenvalue weighted by atomic mass is 10.1. The van der Waals surface area contributed by atoms with E-state index in [9.17, 15) is 4.79 Å². The Bertz CT molecular complexity index is 469. The third-order valence-corrected chi connectivity index (χ3v) is 3.62. The van der Waals surface area contributed by atoms with Crippen molar-refractivity contribution < 1.29 is 19.0 Å². The summed E-state index contributed by atoms with van der Waals surface area (Å²) in [5.74, 6) is 1.48. The number of carbonyl (C=O) groups is 1. The van der Waals surface area contributed by atoms with Gasteiger partial charge in [-0.05, 0) is 37.0 Å². The van der Waals surface area contributed by atoms with Crippen LogP contribution in [-0.4, -0.2) is 39.4 Å². The van der Waals surface area contributed by atoms with Gasteiger partial charge in [0.05, 0.1) is 26.7 Å². The van der Waals surface area contributed by atoms with Crippen LogP contribution in [0.5, 0.6) is 11.5 Å². The number of amides is 1. The van der Waals surface area contributed by atoms with Crippen LogP contribution in [0.15, 0.2) is 18.2 Å². The first kappa shape index (κ1) is 15.6. The lowest BCUT2D eigenvalue weighted by molar-refractivity contribution is -0.123. The van der Waals surface area contributed by atoms with Crippen LogP contribution in [0.1, 0.15) is 24.8 Å². The second-order valence-electron chi connectivity index (χ2n) is 5.13. The van der Waals surface area contributed by atoms with E-state index < -0.39 is 0 Å². The zero-order chi connectivity index (χ0) is 15.1. The molecule has 116 valence electrons. The van der Waals surface area contributed by atoms with Gasteiger partial charge in [0.2, 0.25) is 5.91 Å². The predicted octanol–water partition coefficient (Wildman–Crippen LogP) is 1.93. The Balaban J connectivity index is 1.76. The third-order valence-electron chi connectivity index (χ3n) is 3.62. The predicted molar refractivity (Wildman–Crippen MR) is 79.9 cm³/mol. The van der Waals surface area contributed by atoms with Crippen molar-refractivity contribution >= 4 is 5.91 Å². The summed E-state index contributed by atoms with van der Waals surface area (Å²) in [6, 6.07) is 5.79. The van der Waals surface area contributed by atoms with E-state index in [2.05, 4.69) is 5.32 Å². The smallest absolute Gasteiger partial charge is 0.222 e. The second-order valence-corrected chi connectivity index (χ2v) is 5.13. The molecule has 0 saturated carbocycles. The van der Waals surface area contributed by atoms with Crippen molar-refractivity contribution in [1.29, 1.82) is 0 Å². The highest BCUT2D eigenvalue weighted by atomic mass is 16.5. The van der Waals surface area contributed by atoms with Gasteiger partial charge in [-0.2, -0.15) is 0 Å². The molecular formula is C16H23NO4. The van der Waals surface area contributed by atoms with Gasteiger partial charge in [-0.3, -0.25) is 4.79 Å². The molecule has 0 aliphatic carbocycles. The maximum atomic E-state index is 11.8. The van der Waals surface area contributed by atoms with Gasteiger partial charge in [0.1, 0.15) is 0 Å². The molecule has 1 atom stereocenters. The highest BCUT2D eigenvalue weighted by Gasteiger charge is 2.18. The van der Waals surface area contributed by atoms with E-state index in [4.69, 9.17) is 14.2 Å². The molecule has 0 spiro atoms. The number of carbonyl (C=O) groups excluding carboxylic acids is 1. The van der Waals surface area contributed by atoms with E-state index in [-0.39, 0.29) is 12.0 Å². The largest absolute Gasteiger partial charge is 0.493 e. The zero-order valence-corrected chi connectivity index (χ0v) is 12.7. The molecule has 5 nitrogen and oxygen atoms in total. The van der Waals surface area contributed by atoms with Crippen molar-refractivity contribution in [3.05, 3.63) is 23.8 Å². The molecule has 1 aliphatic heterocycles. The van der Waals surface area contributed by atoms with E-state index in [1.54, 1.807) is 14.2 Å². The fourth-order valence-electron chi connectivity index (χ4n) is 2.47. The van der Waals surface area contributed by atoms with Gasteiger partial charge in [0, 0.05) is 13.2 Å². The molecule has 1 fully saturated rings. The lowest BCUT2D eigenvalue weighted by Crippen LogP contribution is -2.28. The number of ether oxygens (including phenoxy) is 3. The van der Waals surface area contributed by atoms with E-state index in [1.165, 1.54) is 0 Å². The Morgan fingerprint density at radius 1 is 1.33 bits per heavy atom. The molecule has 0 radical (unpaired) electrons. The fourth-order valence-corrected chi connectivity index (χ4v) is 2.47. The average Bonchev–Trinajstić information content (AvgIpc) is 2.99. The van der Waals surface area contributed by atoms with Crippen molar-refractivity contribution in [2.24, 2.45) is 0 Å². The van der Waals surface area contributed by atoms with Crippen LogP contribution >= 0.6 is 0 Å². The molecule has 1 heterocycles. The molecule has 1 N–H and O–H groups in total. The number of hydrogen-bond donors (Lipinski definition) is 1. The molecule has 1 saturated heterocycles. The summed E-state index contributed by atoms with van der Waals surface area (Å²) in [5, 5.41) is 2.93. The van der Waals surface area contributed by atoms with E-state index in [0.717, 1.165) is 31.4 Å². The second kappa shape index (κ2) is 7.88. The summed E-state index contributed by atoms with van der Waals surface area (Å²) in [6.07, 6.45) is 3.38. The number of benzene rings is 1. The SMILES string of the molecule is COc1ccc(CCNC(=O)CC2CCCO2)cc1OC. The number of methoxy groups -OCH3 is 2. The fraction of sp³-hybridized carbons (Fsp3) is 0.562. The Morgan fingerprint density at radius 2 is 2.14 bits per heavy atom. The van der Waals surface area contributed by atoms with Crippen LogP contribution < -0.4 is 14.8 Å². The zero-order valence-electron chi connectivity index (χ0n) is 12.7. The summed E-state index contributed by atoms with van der Waals surface area (Å²) < 4.78 is 15.9. The minimum atomic E-state index is 0.0578. The first-order chi connectivity index (χ1) is 10.2. The molecule has 0 aromatic heterocycles. The van der Waals surface area contributed by atoms with Crippen LogP contribution in [0.25, 0.3) is 0 Å². The molecule has 21 heavy (non-hydrogen) atoms. The van der Waals surface area contributed by atoms with Gasteiger partial charge >= 0.3 is 0 Å². The Hall–Kier alpha value is -1.75. The number of rotatable bonds is 7. The van der Waals surface area contributed by atoms with E-state index >= 15 is 0 Å². The summed E-state index contributed by atoms with van der Waals surface area (Å²) in [7, 11) is 3.23. The lowest BCUT2D eigenvalue weighted by Gasteiger charge is -2.11. The summed E-state index contributed by atoms with van der Waals surface area (Å²) in [6.45, 7) is 1.39. The minimum absolute atomic E-state index is 0.0578. The molecule has 2 rings (SSSR count). The normalized spacial score (nSPS) is 17.5. The van der Waals surface area contributed by atoms with Gasteiger partial charge in [-0.15, -0.1) is 0 Å². The maximum absolute atomic E-state index is 11.8. The van der Waals surface area contributed by atoms with Crippen molar-refractivity contribution in [1.82, 2.24) is 5.32 Å². The Morgan fingerprint density at radius 3 is 2.81 bits per heavy atom. The summed E-state index contributed by atoms with van der Waals surface area (Å²) in [4.78, 5) is 11.8.